The molecule has 2 aliphatic rings. The number of rotatable bonds is 4. The van der Waals surface area contributed by atoms with Crippen molar-refractivity contribution in [2.24, 2.45) is 0 Å². The Balaban J connectivity index is 1.60. The lowest BCUT2D eigenvalue weighted by Crippen LogP contribution is -2.38. The van der Waals surface area contributed by atoms with Crippen LogP contribution in [0.15, 0.2) is 24.3 Å². The molecule has 7 nitrogen and oxygen atoms in total. The molecule has 0 unspecified atom stereocenters. The molecule has 0 radical (unpaired) electrons. The minimum absolute atomic E-state index is 0.188. The number of benzene rings is 1. The predicted octanol–water partition coefficient (Wildman–Crippen LogP) is 0.968. The molecule has 7 heteroatoms. The van der Waals surface area contributed by atoms with Crippen molar-refractivity contribution in [2.75, 3.05) is 37.7 Å². The summed E-state index contributed by atoms with van der Waals surface area (Å²) >= 11 is 0. The number of likely N-dealkylation sites (tertiary alicyclic amines) is 1. The Morgan fingerprint density at radius 1 is 1.17 bits per heavy atom. The Kier molecular flexibility index (Phi) is 4.98. The molecule has 1 aromatic carbocycles. The molecular formula is C17H20N2O5. The van der Waals surface area contributed by atoms with E-state index in [0.717, 1.165) is 12.8 Å². The molecule has 2 amide bonds. The summed E-state index contributed by atoms with van der Waals surface area (Å²) in [4.78, 5) is 39.2. The van der Waals surface area contributed by atoms with E-state index in [2.05, 4.69) is 0 Å². The second kappa shape index (κ2) is 7.33. The van der Waals surface area contributed by atoms with Crippen LogP contribution in [0.5, 0.6) is 5.75 Å². The maximum absolute atomic E-state index is 12.2. The Bertz CT molecular complexity index is 640. The predicted molar refractivity (Wildman–Crippen MR) is 85.7 cm³/mol. The van der Waals surface area contributed by atoms with E-state index in [-0.39, 0.29) is 38.0 Å². The van der Waals surface area contributed by atoms with Crippen molar-refractivity contribution in [2.45, 2.75) is 19.3 Å². The SMILES string of the molecule is O=C(CN1C(=O)CCOc2ccccc21)OCC(=O)N1CCCC1. The average Bonchev–Trinajstić information content (AvgIpc) is 3.08. The highest BCUT2D eigenvalue weighted by Gasteiger charge is 2.26. The van der Waals surface area contributed by atoms with E-state index in [0.29, 0.717) is 24.5 Å². The topological polar surface area (TPSA) is 76.1 Å². The van der Waals surface area contributed by atoms with Gasteiger partial charge in [0.25, 0.3) is 5.91 Å². The van der Waals surface area contributed by atoms with Crippen LogP contribution in [0, 0.1) is 0 Å². The number of anilines is 1. The molecule has 0 aromatic heterocycles. The van der Waals surface area contributed by atoms with Crippen LogP contribution in [0.3, 0.4) is 0 Å². The standard InChI is InChI=1S/C17H20N2O5/c20-15-7-10-23-14-6-2-1-5-13(14)19(15)11-17(22)24-12-16(21)18-8-3-4-9-18/h1-2,5-6H,3-4,7-12H2. The molecule has 0 N–H and O–H groups in total. The third-order valence-corrected chi connectivity index (χ3v) is 4.13. The van der Waals surface area contributed by atoms with Crippen LogP contribution in [0.4, 0.5) is 5.69 Å². The second-order valence-corrected chi connectivity index (χ2v) is 5.79. The van der Waals surface area contributed by atoms with E-state index in [1.165, 1.54) is 4.90 Å². The van der Waals surface area contributed by atoms with Crippen LogP contribution in [0.2, 0.25) is 0 Å². The number of hydrogen-bond donors (Lipinski definition) is 0. The molecule has 0 bridgehead atoms. The normalized spacial score (nSPS) is 17.1. The number of hydrogen-bond acceptors (Lipinski definition) is 5. The van der Waals surface area contributed by atoms with Crippen LogP contribution in [0.1, 0.15) is 19.3 Å². The van der Waals surface area contributed by atoms with E-state index < -0.39 is 5.97 Å². The van der Waals surface area contributed by atoms with Gasteiger partial charge < -0.3 is 14.4 Å². The Labute approximate surface area is 140 Å². The van der Waals surface area contributed by atoms with Crippen LogP contribution < -0.4 is 9.64 Å². The van der Waals surface area contributed by atoms with Gasteiger partial charge in [-0.15, -0.1) is 0 Å². The van der Waals surface area contributed by atoms with Crippen molar-refractivity contribution in [1.29, 1.82) is 0 Å². The summed E-state index contributed by atoms with van der Waals surface area (Å²) in [5.41, 5.74) is 0.544. The van der Waals surface area contributed by atoms with Gasteiger partial charge in [0.2, 0.25) is 5.91 Å². The fourth-order valence-electron chi connectivity index (χ4n) is 2.87. The molecule has 0 spiro atoms. The van der Waals surface area contributed by atoms with Crippen molar-refractivity contribution in [3.05, 3.63) is 24.3 Å². The molecule has 0 saturated carbocycles. The fraction of sp³-hybridized carbons (Fsp3) is 0.471. The molecule has 128 valence electrons. The minimum Gasteiger partial charge on any atom is -0.491 e. The van der Waals surface area contributed by atoms with Gasteiger partial charge >= 0.3 is 5.97 Å². The van der Waals surface area contributed by atoms with Crippen LogP contribution >= 0.6 is 0 Å². The van der Waals surface area contributed by atoms with Gasteiger partial charge in [-0.1, -0.05) is 12.1 Å². The first-order valence-electron chi connectivity index (χ1n) is 8.11. The highest BCUT2D eigenvalue weighted by atomic mass is 16.5. The van der Waals surface area contributed by atoms with Gasteiger partial charge in [0, 0.05) is 13.1 Å². The maximum Gasteiger partial charge on any atom is 0.326 e. The fourth-order valence-corrected chi connectivity index (χ4v) is 2.87. The first-order chi connectivity index (χ1) is 11.6. The zero-order valence-electron chi connectivity index (χ0n) is 13.4. The van der Waals surface area contributed by atoms with Gasteiger partial charge in [-0.25, -0.2) is 0 Å². The van der Waals surface area contributed by atoms with Gasteiger partial charge in [0.05, 0.1) is 18.7 Å². The highest BCUT2D eigenvalue weighted by Crippen LogP contribution is 2.30. The molecule has 1 saturated heterocycles. The first-order valence-corrected chi connectivity index (χ1v) is 8.11. The number of carbonyl (C=O) groups excluding carboxylic acids is 3. The number of nitrogens with zero attached hydrogens (tertiary/aromatic N) is 2. The second-order valence-electron chi connectivity index (χ2n) is 5.79. The van der Waals surface area contributed by atoms with Gasteiger partial charge in [0.1, 0.15) is 12.3 Å². The van der Waals surface area contributed by atoms with Crippen LogP contribution in [0.25, 0.3) is 0 Å². The Morgan fingerprint density at radius 2 is 1.92 bits per heavy atom. The van der Waals surface area contributed by atoms with Crippen molar-refractivity contribution >= 4 is 23.5 Å². The highest BCUT2D eigenvalue weighted by molar-refractivity contribution is 5.99. The summed E-state index contributed by atoms with van der Waals surface area (Å²) in [6.07, 6.45) is 2.16. The van der Waals surface area contributed by atoms with E-state index in [4.69, 9.17) is 9.47 Å². The van der Waals surface area contributed by atoms with E-state index in [1.807, 2.05) is 0 Å². The summed E-state index contributed by atoms with van der Waals surface area (Å²) in [7, 11) is 0. The lowest BCUT2D eigenvalue weighted by molar-refractivity contribution is -0.150. The number of para-hydroxylation sites is 2. The zero-order chi connectivity index (χ0) is 16.9. The van der Waals surface area contributed by atoms with Gasteiger partial charge in [0.15, 0.2) is 6.61 Å². The van der Waals surface area contributed by atoms with Gasteiger partial charge in [-0.05, 0) is 25.0 Å². The lowest BCUT2D eigenvalue weighted by atomic mass is 10.2. The summed E-state index contributed by atoms with van der Waals surface area (Å²) in [5, 5.41) is 0. The number of fused-ring (bicyclic) bond motifs is 1. The number of esters is 1. The van der Waals surface area contributed by atoms with Crippen molar-refractivity contribution in [3.8, 4) is 5.75 Å². The largest absolute Gasteiger partial charge is 0.491 e. The molecule has 0 atom stereocenters. The van der Waals surface area contributed by atoms with Crippen LogP contribution in [-0.4, -0.2) is 55.5 Å². The third kappa shape index (κ3) is 3.67. The van der Waals surface area contributed by atoms with E-state index >= 15 is 0 Å². The Morgan fingerprint density at radius 3 is 2.71 bits per heavy atom. The summed E-state index contributed by atoms with van der Waals surface area (Å²) in [5.74, 6) is -0.438. The Hall–Kier alpha value is -2.57. The maximum atomic E-state index is 12.2. The zero-order valence-corrected chi connectivity index (χ0v) is 13.4. The van der Waals surface area contributed by atoms with Crippen molar-refractivity contribution < 1.29 is 23.9 Å². The molecule has 1 fully saturated rings. The van der Waals surface area contributed by atoms with Crippen LogP contribution in [-0.2, 0) is 19.1 Å². The quantitative estimate of drug-likeness (QED) is 0.768. The number of carbonyl (C=O) groups is 3. The molecule has 1 aromatic rings. The monoisotopic (exact) mass is 332 g/mol. The van der Waals surface area contributed by atoms with E-state index in [1.54, 1.807) is 29.2 Å². The first kappa shape index (κ1) is 16.3. The molecule has 0 aliphatic carbocycles. The summed E-state index contributed by atoms with van der Waals surface area (Å²) < 4.78 is 10.6. The smallest absolute Gasteiger partial charge is 0.326 e. The number of ether oxygens (including phenoxy) is 2. The van der Waals surface area contributed by atoms with Crippen molar-refractivity contribution in [3.63, 3.8) is 0 Å². The summed E-state index contributed by atoms with van der Waals surface area (Å²) in [6.45, 7) is 1.19. The molecule has 3 rings (SSSR count). The lowest BCUT2D eigenvalue weighted by Gasteiger charge is -2.21. The molecule has 2 heterocycles. The van der Waals surface area contributed by atoms with Crippen molar-refractivity contribution in [1.82, 2.24) is 4.90 Å². The van der Waals surface area contributed by atoms with Gasteiger partial charge in [-0.2, -0.15) is 0 Å². The molecule has 24 heavy (non-hydrogen) atoms. The number of amides is 2. The summed E-state index contributed by atoms with van der Waals surface area (Å²) in [6, 6.07) is 7.06. The van der Waals surface area contributed by atoms with E-state index in [9.17, 15) is 14.4 Å². The van der Waals surface area contributed by atoms with Gasteiger partial charge in [-0.3, -0.25) is 19.3 Å². The average molecular weight is 332 g/mol. The minimum atomic E-state index is -0.604. The third-order valence-electron chi connectivity index (χ3n) is 4.13. The molecular weight excluding hydrogens is 312 g/mol. The molecule has 2 aliphatic heterocycles.